The SMILES string of the molecule is CC=C[PH](C=CC)(C=CC)CCCCCCCC/C=C\CCCCCCCC. The third kappa shape index (κ3) is 16.4. The van der Waals surface area contributed by atoms with Crippen molar-refractivity contribution < 1.29 is 0 Å². The number of allylic oxidation sites excluding steroid dienone is 5. The molecule has 0 unspecified atom stereocenters. The Morgan fingerprint density at radius 1 is 0.500 bits per heavy atom. The number of hydrogen-bond acceptors (Lipinski definition) is 0. The fraction of sp³-hybridized carbons (Fsp3) is 0.704. The van der Waals surface area contributed by atoms with E-state index >= 15 is 0 Å². The average Bonchev–Trinajstić information content (AvgIpc) is 2.68. The smallest absolute Gasteiger partial charge is 0.0654 e. The molecule has 0 fully saturated rings. The molecule has 0 aromatic carbocycles. The van der Waals surface area contributed by atoms with Crippen LogP contribution in [0.1, 0.15) is 118 Å². The monoisotopic (exact) mass is 406 g/mol. The molecule has 0 aliphatic carbocycles. The van der Waals surface area contributed by atoms with E-state index in [0.29, 0.717) is 0 Å². The van der Waals surface area contributed by atoms with Gasteiger partial charge in [0.15, 0.2) is 0 Å². The van der Waals surface area contributed by atoms with E-state index in [4.69, 9.17) is 0 Å². The quantitative estimate of drug-likeness (QED) is 0.114. The minimum Gasteiger partial charge on any atom is -0.0654 e. The van der Waals surface area contributed by atoms with Crippen LogP contribution in [0.4, 0.5) is 0 Å². The molecule has 0 aliphatic heterocycles. The molecule has 0 atom stereocenters. The zero-order valence-electron chi connectivity index (χ0n) is 19.7. The van der Waals surface area contributed by atoms with Crippen molar-refractivity contribution in [3.8, 4) is 0 Å². The van der Waals surface area contributed by atoms with Crippen molar-refractivity contribution in [1.82, 2.24) is 0 Å². The maximum atomic E-state index is 2.49. The molecule has 0 bridgehead atoms. The van der Waals surface area contributed by atoms with Crippen LogP contribution in [0.3, 0.4) is 0 Å². The van der Waals surface area contributed by atoms with Gasteiger partial charge in [-0.3, -0.25) is 0 Å². The van der Waals surface area contributed by atoms with Gasteiger partial charge in [-0.2, -0.15) is 0 Å². The van der Waals surface area contributed by atoms with Crippen LogP contribution in [0.2, 0.25) is 0 Å². The van der Waals surface area contributed by atoms with Crippen molar-refractivity contribution >= 4 is 7.26 Å². The van der Waals surface area contributed by atoms with Crippen LogP contribution >= 0.6 is 7.26 Å². The molecule has 0 N–H and O–H groups in total. The van der Waals surface area contributed by atoms with Crippen molar-refractivity contribution in [2.45, 2.75) is 118 Å². The molecule has 0 heterocycles. The fourth-order valence-corrected chi connectivity index (χ4v) is 7.58. The summed E-state index contributed by atoms with van der Waals surface area (Å²) < 4.78 is 0. The number of hydrogen-bond donors (Lipinski definition) is 0. The molecule has 28 heavy (non-hydrogen) atoms. The van der Waals surface area contributed by atoms with Crippen LogP contribution < -0.4 is 0 Å². The van der Waals surface area contributed by atoms with Gasteiger partial charge in [-0.05, 0) is 0 Å². The molecule has 0 aliphatic rings. The van der Waals surface area contributed by atoms with Gasteiger partial charge in [0.1, 0.15) is 0 Å². The van der Waals surface area contributed by atoms with Crippen molar-refractivity contribution in [3.63, 3.8) is 0 Å². The molecule has 164 valence electrons. The van der Waals surface area contributed by atoms with Gasteiger partial charge in [-0.1, -0.05) is 39.0 Å². The standard InChI is InChI=1S/C27H51P/c1-5-9-10-11-12-13-14-15-16-17-18-19-20-21-22-23-27-28(24-6-2,25-7-3)26-8-4/h6-8,15-16,24-26,28H,5,9-14,17-23,27H2,1-4H3/b16-15-,24-6?,25-7?,26-8?. The van der Waals surface area contributed by atoms with E-state index in [2.05, 4.69) is 75.5 Å². The molecule has 0 saturated heterocycles. The third-order valence-electron chi connectivity index (χ3n) is 5.55. The Labute approximate surface area is 179 Å². The zero-order chi connectivity index (χ0) is 20.8. The molecular formula is C27H51P. The van der Waals surface area contributed by atoms with Gasteiger partial charge >= 0.3 is 140 Å². The molecule has 0 rings (SSSR count). The Hall–Kier alpha value is -0.610. The molecule has 0 saturated carbocycles. The summed E-state index contributed by atoms with van der Waals surface area (Å²) >= 11 is 0. The third-order valence-corrected chi connectivity index (χ3v) is 9.63. The summed E-state index contributed by atoms with van der Waals surface area (Å²) in [6.45, 7) is 8.78. The van der Waals surface area contributed by atoms with Crippen molar-refractivity contribution in [2.24, 2.45) is 0 Å². The zero-order valence-corrected chi connectivity index (χ0v) is 20.7. The topological polar surface area (TPSA) is 0 Å². The van der Waals surface area contributed by atoms with Gasteiger partial charge in [-0.15, -0.1) is 0 Å². The summed E-state index contributed by atoms with van der Waals surface area (Å²) in [4.78, 5) is 0. The Balaban J connectivity index is 3.64. The predicted molar refractivity (Wildman–Crippen MR) is 137 cm³/mol. The second-order valence-corrected chi connectivity index (χ2v) is 12.0. The van der Waals surface area contributed by atoms with E-state index in [1.807, 2.05) is 0 Å². The molecule has 0 aromatic heterocycles. The molecule has 0 aromatic rings. The van der Waals surface area contributed by atoms with Gasteiger partial charge < -0.3 is 0 Å². The summed E-state index contributed by atoms with van der Waals surface area (Å²) in [6, 6.07) is 0. The first-order chi connectivity index (χ1) is 13.7. The first-order valence-corrected chi connectivity index (χ1v) is 14.7. The van der Waals surface area contributed by atoms with Crippen LogP contribution in [-0.2, 0) is 0 Å². The molecule has 1 heteroatoms. The van der Waals surface area contributed by atoms with Crippen LogP contribution in [0.25, 0.3) is 0 Å². The average molecular weight is 407 g/mol. The Bertz CT molecular complexity index is 396. The van der Waals surface area contributed by atoms with Gasteiger partial charge in [0.25, 0.3) is 0 Å². The Morgan fingerprint density at radius 3 is 1.32 bits per heavy atom. The van der Waals surface area contributed by atoms with Gasteiger partial charge in [0.05, 0.1) is 0 Å². The Kier molecular flexibility index (Phi) is 20.6. The summed E-state index contributed by atoms with van der Waals surface area (Å²) in [5, 5.41) is 0. The molecule has 0 spiro atoms. The summed E-state index contributed by atoms with van der Waals surface area (Å²) in [5.74, 6) is 7.47. The van der Waals surface area contributed by atoms with E-state index in [0.717, 1.165) is 0 Å². The van der Waals surface area contributed by atoms with Crippen molar-refractivity contribution in [3.05, 3.63) is 47.8 Å². The summed E-state index contributed by atoms with van der Waals surface area (Å²) in [7, 11) is -1.45. The van der Waals surface area contributed by atoms with Crippen LogP contribution in [0.5, 0.6) is 0 Å². The van der Waals surface area contributed by atoms with Crippen molar-refractivity contribution in [1.29, 1.82) is 0 Å². The van der Waals surface area contributed by atoms with E-state index < -0.39 is 7.26 Å². The number of rotatable bonds is 19. The van der Waals surface area contributed by atoms with Gasteiger partial charge in [0, 0.05) is 0 Å². The molecule has 0 amide bonds. The van der Waals surface area contributed by atoms with Crippen molar-refractivity contribution in [2.75, 3.05) is 6.16 Å². The number of unbranched alkanes of at least 4 members (excludes halogenated alkanes) is 12. The van der Waals surface area contributed by atoms with Gasteiger partial charge in [0.2, 0.25) is 0 Å². The van der Waals surface area contributed by atoms with E-state index in [1.165, 1.54) is 96.1 Å². The maximum absolute atomic E-state index is 2.49. The molecule has 0 nitrogen and oxygen atoms in total. The predicted octanol–water partition coefficient (Wildman–Crippen LogP) is 10.4. The Morgan fingerprint density at radius 2 is 0.893 bits per heavy atom. The van der Waals surface area contributed by atoms with E-state index in [1.54, 1.807) is 0 Å². The second-order valence-electron chi connectivity index (χ2n) is 8.30. The molecular weight excluding hydrogens is 355 g/mol. The van der Waals surface area contributed by atoms with E-state index in [9.17, 15) is 0 Å². The summed E-state index contributed by atoms with van der Waals surface area (Å²) in [5.41, 5.74) is 0. The first-order valence-electron chi connectivity index (χ1n) is 12.3. The first kappa shape index (κ1) is 27.4. The minimum atomic E-state index is -1.45. The fourth-order valence-electron chi connectivity index (χ4n) is 4.03. The van der Waals surface area contributed by atoms with Crippen LogP contribution in [0.15, 0.2) is 47.8 Å². The van der Waals surface area contributed by atoms with Crippen LogP contribution in [-0.4, -0.2) is 6.16 Å². The van der Waals surface area contributed by atoms with E-state index in [-0.39, 0.29) is 0 Å². The minimum absolute atomic E-state index is 1.29. The second kappa shape index (κ2) is 21.1. The molecule has 0 radical (unpaired) electrons. The van der Waals surface area contributed by atoms with Crippen LogP contribution in [0, 0.1) is 0 Å². The summed E-state index contributed by atoms with van der Waals surface area (Å²) in [6.07, 6.45) is 32.4. The van der Waals surface area contributed by atoms with Gasteiger partial charge in [-0.25, -0.2) is 0 Å². The normalized spacial score (nSPS) is 13.7.